The third-order valence-electron chi connectivity index (χ3n) is 7.27. The Bertz CT molecular complexity index is 1020. The number of fused-ring (bicyclic) bond motifs is 3. The van der Waals surface area contributed by atoms with Crippen molar-refractivity contribution in [2.75, 3.05) is 52.9 Å². The van der Waals surface area contributed by atoms with Crippen LogP contribution in [0.4, 0.5) is 0 Å². The molecule has 0 aliphatic heterocycles. The van der Waals surface area contributed by atoms with E-state index in [1.54, 1.807) is 0 Å². The Hall–Kier alpha value is -2.45. The lowest BCUT2D eigenvalue weighted by Gasteiger charge is -2.25. The zero-order chi connectivity index (χ0) is 30.9. The molecule has 240 valence electrons. The molecule has 1 aliphatic rings. The fraction of sp³-hybridized carbons (Fsp3) is 0.594. The molecule has 3 atom stereocenters. The quantitative estimate of drug-likeness (QED) is 0.0715. The highest BCUT2D eigenvalue weighted by Crippen LogP contribution is 2.44. The smallest absolute Gasteiger partial charge is 0.305 e. The highest BCUT2D eigenvalue weighted by molar-refractivity contribution is 5.79. The zero-order valence-electron chi connectivity index (χ0n) is 24.6. The number of esters is 1. The van der Waals surface area contributed by atoms with Crippen molar-refractivity contribution in [2.45, 2.75) is 69.2 Å². The van der Waals surface area contributed by atoms with E-state index in [1.165, 1.54) is 22.3 Å². The number of hydrogen-bond acceptors (Lipinski definition) is 11. The normalized spacial score (nSPS) is 14.8. The summed E-state index contributed by atoms with van der Waals surface area (Å²) in [6, 6.07) is 16.5. The predicted molar refractivity (Wildman–Crippen MR) is 157 cm³/mol. The molecule has 3 rings (SSSR count). The number of carbonyl (C=O) groups is 1. The van der Waals surface area contributed by atoms with Crippen LogP contribution in [0.5, 0.6) is 0 Å². The van der Waals surface area contributed by atoms with E-state index in [0.29, 0.717) is 19.6 Å². The van der Waals surface area contributed by atoms with Crippen molar-refractivity contribution in [3.05, 3.63) is 59.7 Å². The van der Waals surface area contributed by atoms with Crippen molar-refractivity contribution in [3.8, 4) is 11.1 Å². The van der Waals surface area contributed by atoms with Gasteiger partial charge in [-0.25, -0.2) is 0 Å². The minimum Gasteiger partial charge on any atom is -0.465 e. The second-order valence-electron chi connectivity index (χ2n) is 10.4. The van der Waals surface area contributed by atoms with Gasteiger partial charge in [0.05, 0.1) is 39.6 Å². The topological polar surface area (TPSA) is 164 Å². The summed E-state index contributed by atoms with van der Waals surface area (Å²) in [6.45, 7) is -1.77. The molecule has 2 aromatic carbocycles. The number of aliphatic hydroxyl groups excluding tert-OH is 5. The minimum absolute atomic E-state index is 0.0613. The van der Waals surface area contributed by atoms with E-state index in [4.69, 9.17) is 33.9 Å². The first-order valence-electron chi connectivity index (χ1n) is 15.0. The van der Waals surface area contributed by atoms with E-state index < -0.39 is 57.8 Å². The van der Waals surface area contributed by atoms with Crippen LogP contribution in [0, 0.1) is 0 Å². The van der Waals surface area contributed by atoms with E-state index in [1.807, 2.05) is 24.3 Å². The molecule has 0 heterocycles. The predicted octanol–water partition coefficient (Wildman–Crippen LogP) is 2.10. The lowest BCUT2D eigenvalue weighted by molar-refractivity contribution is -0.240. The van der Waals surface area contributed by atoms with Crippen molar-refractivity contribution in [1.29, 1.82) is 0 Å². The first kappa shape index (κ1) is 35.0. The van der Waals surface area contributed by atoms with Gasteiger partial charge in [0.15, 0.2) is 12.6 Å². The third-order valence-corrected chi connectivity index (χ3v) is 7.27. The minimum atomic E-state index is -1.13. The lowest BCUT2D eigenvalue weighted by atomic mass is 9.98. The number of hydrogen-bond donors (Lipinski definition) is 5. The van der Waals surface area contributed by atoms with Crippen molar-refractivity contribution < 1.29 is 54.0 Å². The van der Waals surface area contributed by atoms with E-state index >= 15 is 0 Å². The van der Waals surface area contributed by atoms with E-state index in [0.717, 1.165) is 32.1 Å². The highest BCUT2D eigenvalue weighted by Gasteiger charge is 2.29. The second kappa shape index (κ2) is 19.8. The second-order valence-corrected chi connectivity index (χ2v) is 10.4. The molecule has 0 aromatic heterocycles. The summed E-state index contributed by atoms with van der Waals surface area (Å²) in [5.74, 6) is -0.125. The van der Waals surface area contributed by atoms with Gasteiger partial charge in [0.1, 0.15) is 18.8 Å². The number of unbranched alkanes of at least 4 members (excludes halogenated alkanes) is 4. The zero-order valence-corrected chi connectivity index (χ0v) is 24.6. The maximum atomic E-state index is 12.4. The van der Waals surface area contributed by atoms with Crippen LogP contribution in [0.1, 0.15) is 55.6 Å². The first-order valence-corrected chi connectivity index (χ1v) is 15.0. The van der Waals surface area contributed by atoms with Crippen LogP contribution < -0.4 is 0 Å². The molecule has 11 nitrogen and oxygen atoms in total. The average Bonchev–Trinajstić information content (AvgIpc) is 3.37. The molecular weight excluding hydrogens is 560 g/mol. The van der Waals surface area contributed by atoms with Gasteiger partial charge in [-0.1, -0.05) is 67.8 Å². The molecule has 0 saturated heterocycles. The van der Waals surface area contributed by atoms with Gasteiger partial charge in [0.25, 0.3) is 0 Å². The summed E-state index contributed by atoms with van der Waals surface area (Å²) < 4.78 is 27.3. The lowest BCUT2D eigenvalue weighted by Crippen LogP contribution is -2.37. The SMILES string of the molecule is O=C(CCCCCCCOC(CO)OC(CO)COC(CO)OC(CO)CO)OCC1c2ccccc2-c2ccccc21. The Morgan fingerprint density at radius 2 is 1.19 bits per heavy atom. The standard InChI is InChI=1S/C32H46O11/c33-16-23(17-34)42-32(20-37)41-21-24(18-35)43-31(19-36)39-15-9-3-1-2-4-14-30(38)40-22-29-27-12-7-5-10-25(27)26-11-6-8-13-28(26)29/h5-8,10-13,23-24,29,31-37H,1-4,9,14-22H2. The molecule has 5 N–H and O–H groups in total. The molecule has 2 aromatic rings. The molecule has 43 heavy (non-hydrogen) atoms. The molecule has 3 unspecified atom stereocenters. The van der Waals surface area contributed by atoms with E-state index in [9.17, 15) is 20.1 Å². The van der Waals surface area contributed by atoms with Gasteiger partial charge in [-0.15, -0.1) is 0 Å². The van der Waals surface area contributed by atoms with Gasteiger partial charge in [-0.3, -0.25) is 4.79 Å². The highest BCUT2D eigenvalue weighted by atomic mass is 16.7. The number of rotatable bonds is 23. The average molecular weight is 607 g/mol. The van der Waals surface area contributed by atoms with Crippen LogP contribution in [0.3, 0.4) is 0 Å². The summed E-state index contributed by atoms with van der Waals surface area (Å²) in [7, 11) is 0. The van der Waals surface area contributed by atoms with E-state index in [2.05, 4.69) is 24.3 Å². The van der Waals surface area contributed by atoms with Gasteiger partial charge in [-0.2, -0.15) is 0 Å². The molecule has 11 heteroatoms. The maximum absolute atomic E-state index is 12.4. The van der Waals surface area contributed by atoms with Crippen LogP contribution >= 0.6 is 0 Å². The molecule has 0 amide bonds. The monoisotopic (exact) mass is 606 g/mol. The molecule has 1 aliphatic carbocycles. The fourth-order valence-corrected chi connectivity index (χ4v) is 5.00. The molecule has 0 bridgehead atoms. The molecule has 0 saturated carbocycles. The van der Waals surface area contributed by atoms with Crippen molar-refractivity contribution in [3.63, 3.8) is 0 Å². The number of benzene rings is 2. The summed E-state index contributed by atoms with van der Waals surface area (Å²) in [6.07, 6.45) is 0.677. The first-order chi connectivity index (χ1) is 21.0. The van der Waals surface area contributed by atoms with Crippen molar-refractivity contribution >= 4 is 5.97 Å². The van der Waals surface area contributed by atoms with Crippen molar-refractivity contribution in [1.82, 2.24) is 0 Å². The Labute approximate surface area is 252 Å². The van der Waals surface area contributed by atoms with E-state index in [-0.39, 0.29) is 18.5 Å². The summed E-state index contributed by atoms with van der Waals surface area (Å²) in [4.78, 5) is 12.4. The summed E-state index contributed by atoms with van der Waals surface area (Å²) >= 11 is 0. The Morgan fingerprint density at radius 1 is 0.651 bits per heavy atom. The largest absolute Gasteiger partial charge is 0.465 e. The van der Waals surface area contributed by atoms with Gasteiger partial charge >= 0.3 is 5.97 Å². The van der Waals surface area contributed by atoms with Crippen LogP contribution in [0.2, 0.25) is 0 Å². The summed E-state index contributed by atoms with van der Waals surface area (Å²) in [5.41, 5.74) is 4.81. The molecule has 0 fully saturated rings. The third kappa shape index (κ3) is 11.2. The van der Waals surface area contributed by atoms with Crippen LogP contribution in [0.15, 0.2) is 48.5 Å². The van der Waals surface area contributed by atoms with Crippen LogP contribution in [-0.4, -0.2) is 109 Å². The fourth-order valence-electron chi connectivity index (χ4n) is 5.00. The molecular formula is C32H46O11. The molecule has 0 spiro atoms. The Morgan fingerprint density at radius 3 is 1.79 bits per heavy atom. The van der Waals surface area contributed by atoms with Crippen molar-refractivity contribution in [2.24, 2.45) is 0 Å². The van der Waals surface area contributed by atoms with Crippen LogP contribution in [-0.2, 0) is 28.5 Å². The van der Waals surface area contributed by atoms with Gasteiger partial charge in [-0.05, 0) is 35.1 Å². The van der Waals surface area contributed by atoms with Crippen LogP contribution in [0.25, 0.3) is 11.1 Å². The molecule has 0 radical (unpaired) electrons. The Kier molecular flexibility index (Phi) is 16.1. The number of ether oxygens (including phenoxy) is 5. The Balaban J connectivity index is 1.25. The van der Waals surface area contributed by atoms with Gasteiger partial charge in [0, 0.05) is 18.9 Å². The maximum Gasteiger partial charge on any atom is 0.305 e. The summed E-state index contributed by atoms with van der Waals surface area (Å²) in [5, 5.41) is 46.7. The van der Waals surface area contributed by atoms with Gasteiger partial charge in [0.2, 0.25) is 0 Å². The number of aliphatic hydroxyl groups is 5. The number of carbonyl (C=O) groups excluding carboxylic acids is 1. The van der Waals surface area contributed by atoms with Gasteiger partial charge < -0.3 is 49.2 Å².